The van der Waals surface area contributed by atoms with E-state index in [0.717, 1.165) is 43.9 Å². The number of anilines is 1. The van der Waals surface area contributed by atoms with E-state index in [4.69, 9.17) is 4.74 Å². The van der Waals surface area contributed by atoms with E-state index in [2.05, 4.69) is 42.3 Å². The molecule has 0 unspecified atom stereocenters. The lowest BCUT2D eigenvalue weighted by Crippen LogP contribution is -2.52. The lowest BCUT2D eigenvalue weighted by molar-refractivity contribution is 0.194. The number of carbonyl (C=O) groups excluding carboxylic acids is 1. The minimum absolute atomic E-state index is 0.0190. The van der Waals surface area contributed by atoms with Crippen LogP contribution in [-0.2, 0) is 6.42 Å². The SMILES string of the molecule is COc1ccccc1CCNC(=O)N1CCN(c2cccc(C)c2C)CC1. The predicted octanol–water partition coefficient (Wildman–Crippen LogP) is 3.39. The Morgan fingerprint density at radius 1 is 1.04 bits per heavy atom. The first kappa shape index (κ1) is 19.1. The smallest absolute Gasteiger partial charge is 0.317 e. The average Bonchev–Trinajstić information content (AvgIpc) is 2.70. The van der Waals surface area contributed by atoms with Gasteiger partial charge in [-0.1, -0.05) is 30.3 Å². The Morgan fingerprint density at radius 3 is 2.52 bits per heavy atom. The van der Waals surface area contributed by atoms with E-state index in [1.807, 2.05) is 29.2 Å². The second-order valence-corrected chi connectivity index (χ2v) is 6.99. The lowest BCUT2D eigenvalue weighted by Gasteiger charge is -2.37. The van der Waals surface area contributed by atoms with Gasteiger partial charge in [-0.05, 0) is 49.1 Å². The number of rotatable bonds is 5. The van der Waals surface area contributed by atoms with E-state index >= 15 is 0 Å². The van der Waals surface area contributed by atoms with Crippen LogP contribution >= 0.6 is 0 Å². The maximum atomic E-state index is 12.5. The third-order valence-corrected chi connectivity index (χ3v) is 5.35. The summed E-state index contributed by atoms with van der Waals surface area (Å²) >= 11 is 0. The van der Waals surface area contributed by atoms with Crippen molar-refractivity contribution in [2.75, 3.05) is 44.7 Å². The molecule has 27 heavy (non-hydrogen) atoms. The van der Waals surface area contributed by atoms with Crippen LogP contribution in [0.4, 0.5) is 10.5 Å². The largest absolute Gasteiger partial charge is 0.496 e. The molecule has 0 aromatic heterocycles. The lowest BCUT2D eigenvalue weighted by atomic mass is 10.1. The van der Waals surface area contributed by atoms with Crippen molar-refractivity contribution in [2.24, 2.45) is 0 Å². The van der Waals surface area contributed by atoms with Crippen molar-refractivity contribution in [3.63, 3.8) is 0 Å². The van der Waals surface area contributed by atoms with Gasteiger partial charge >= 0.3 is 6.03 Å². The van der Waals surface area contributed by atoms with Gasteiger partial charge in [0.05, 0.1) is 7.11 Å². The van der Waals surface area contributed by atoms with Crippen LogP contribution in [0.15, 0.2) is 42.5 Å². The third-order valence-electron chi connectivity index (χ3n) is 5.35. The van der Waals surface area contributed by atoms with Gasteiger partial charge in [-0.15, -0.1) is 0 Å². The Morgan fingerprint density at radius 2 is 1.78 bits per heavy atom. The van der Waals surface area contributed by atoms with Gasteiger partial charge in [-0.3, -0.25) is 0 Å². The van der Waals surface area contributed by atoms with Crippen LogP contribution in [0.25, 0.3) is 0 Å². The summed E-state index contributed by atoms with van der Waals surface area (Å²) in [5.41, 5.74) is 5.03. The molecule has 5 nitrogen and oxygen atoms in total. The van der Waals surface area contributed by atoms with Crippen molar-refractivity contribution in [2.45, 2.75) is 20.3 Å². The number of ether oxygens (including phenoxy) is 1. The summed E-state index contributed by atoms with van der Waals surface area (Å²) in [4.78, 5) is 16.8. The van der Waals surface area contributed by atoms with Crippen LogP contribution in [0.2, 0.25) is 0 Å². The van der Waals surface area contributed by atoms with Crippen molar-refractivity contribution in [3.8, 4) is 5.75 Å². The fraction of sp³-hybridized carbons (Fsp3) is 0.409. The molecule has 0 atom stereocenters. The van der Waals surface area contributed by atoms with Crippen LogP contribution in [-0.4, -0.2) is 50.8 Å². The predicted molar refractivity (Wildman–Crippen MR) is 110 cm³/mol. The van der Waals surface area contributed by atoms with Crippen LogP contribution in [0.1, 0.15) is 16.7 Å². The number of amides is 2. The zero-order chi connectivity index (χ0) is 19.2. The third kappa shape index (κ3) is 4.54. The second kappa shape index (κ2) is 8.80. The molecule has 3 rings (SSSR count). The second-order valence-electron chi connectivity index (χ2n) is 6.99. The molecule has 1 N–H and O–H groups in total. The summed E-state index contributed by atoms with van der Waals surface area (Å²) < 4.78 is 5.36. The van der Waals surface area contributed by atoms with E-state index in [1.165, 1.54) is 16.8 Å². The number of aryl methyl sites for hydroxylation is 1. The Bertz CT molecular complexity index is 783. The van der Waals surface area contributed by atoms with Gasteiger partial charge in [0.25, 0.3) is 0 Å². The molecule has 1 fully saturated rings. The molecule has 1 aliphatic heterocycles. The molecule has 1 aliphatic rings. The minimum atomic E-state index is 0.0190. The molecule has 2 aromatic carbocycles. The van der Waals surface area contributed by atoms with E-state index in [9.17, 15) is 4.79 Å². The number of nitrogens with zero attached hydrogens (tertiary/aromatic N) is 2. The molecule has 144 valence electrons. The average molecular weight is 367 g/mol. The molecule has 2 amide bonds. The fourth-order valence-corrected chi connectivity index (χ4v) is 3.55. The van der Waals surface area contributed by atoms with E-state index in [-0.39, 0.29) is 6.03 Å². The van der Waals surface area contributed by atoms with Crippen molar-refractivity contribution in [1.29, 1.82) is 0 Å². The van der Waals surface area contributed by atoms with Crippen LogP contribution in [0.5, 0.6) is 5.75 Å². The van der Waals surface area contributed by atoms with Gasteiger partial charge in [-0.2, -0.15) is 0 Å². The maximum absolute atomic E-state index is 12.5. The molecule has 1 saturated heterocycles. The summed E-state index contributed by atoms with van der Waals surface area (Å²) in [6.45, 7) is 8.14. The first-order valence-electron chi connectivity index (χ1n) is 9.56. The number of hydrogen-bond acceptors (Lipinski definition) is 3. The summed E-state index contributed by atoms with van der Waals surface area (Å²) in [5.74, 6) is 0.869. The van der Waals surface area contributed by atoms with E-state index < -0.39 is 0 Å². The quantitative estimate of drug-likeness (QED) is 0.881. The van der Waals surface area contributed by atoms with Crippen molar-refractivity contribution >= 4 is 11.7 Å². The van der Waals surface area contributed by atoms with Crippen molar-refractivity contribution in [1.82, 2.24) is 10.2 Å². The highest BCUT2D eigenvalue weighted by Crippen LogP contribution is 2.24. The molecule has 0 saturated carbocycles. The normalized spacial score (nSPS) is 14.2. The number of para-hydroxylation sites is 1. The zero-order valence-corrected chi connectivity index (χ0v) is 16.5. The number of urea groups is 1. The van der Waals surface area contributed by atoms with Gasteiger partial charge in [0.15, 0.2) is 0 Å². The van der Waals surface area contributed by atoms with E-state index in [0.29, 0.717) is 6.54 Å². The van der Waals surface area contributed by atoms with Crippen LogP contribution < -0.4 is 15.0 Å². The molecule has 0 aliphatic carbocycles. The monoisotopic (exact) mass is 367 g/mol. The first-order valence-corrected chi connectivity index (χ1v) is 9.56. The van der Waals surface area contributed by atoms with Gasteiger partial charge in [0, 0.05) is 38.4 Å². The highest BCUT2D eigenvalue weighted by atomic mass is 16.5. The van der Waals surface area contributed by atoms with Crippen LogP contribution in [0, 0.1) is 13.8 Å². The highest BCUT2D eigenvalue weighted by Gasteiger charge is 2.22. The fourth-order valence-electron chi connectivity index (χ4n) is 3.55. The summed E-state index contributed by atoms with van der Waals surface area (Å²) in [7, 11) is 1.67. The summed E-state index contributed by atoms with van der Waals surface area (Å²) in [5, 5.41) is 3.04. The molecule has 0 bridgehead atoms. The van der Waals surface area contributed by atoms with Gasteiger partial charge < -0.3 is 19.9 Å². The molecule has 1 heterocycles. The Balaban J connectivity index is 1.48. The Labute approximate surface area is 161 Å². The molecule has 2 aromatic rings. The zero-order valence-electron chi connectivity index (χ0n) is 16.5. The number of benzene rings is 2. The van der Waals surface area contributed by atoms with Crippen molar-refractivity contribution in [3.05, 3.63) is 59.2 Å². The maximum Gasteiger partial charge on any atom is 0.317 e. The molecule has 5 heteroatoms. The number of hydrogen-bond donors (Lipinski definition) is 1. The molecule has 0 radical (unpaired) electrons. The Kier molecular flexibility index (Phi) is 6.22. The van der Waals surface area contributed by atoms with Gasteiger partial charge in [0.1, 0.15) is 5.75 Å². The first-order chi connectivity index (χ1) is 13.1. The van der Waals surface area contributed by atoms with Crippen LogP contribution in [0.3, 0.4) is 0 Å². The molecular weight excluding hydrogens is 338 g/mol. The number of nitrogens with one attached hydrogen (secondary N) is 1. The highest BCUT2D eigenvalue weighted by molar-refractivity contribution is 5.74. The number of carbonyl (C=O) groups is 1. The molecular formula is C22H29N3O2. The van der Waals surface area contributed by atoms with E-state index in [1.54, 1.807) is 7.11 Å². The number of piperazine rings is 1. The minimum Gasteiger partial charge on any atom is -0.496 e. The topological polar surface area (TPSA) is 44.8 Å². The van der Waals surface area contributed by atoms with Gasteiger partial charge in [0.2, 0.25) is 0 Å². The standard InChI is InChI=1S/C22H29N3O2/c1-17-7-6-9-20(18(17)2)24-13-15-25(16-14-24)22(26)23-12-11-19-8-4-5-10-21(19)27-3/h4-10H,11-16H2,1-3H3,(H,23,26). The summed E-state index contributed by atoms with van der Waals surface area (Å²) in [6.07, 6.45) is 0.762. The number of methoxy groups -OCH3 is 1. The van der Waals surface area contributed by atoms with Gasteiger partial charge in [-0.25, -0.2) is 4.79 Å². The Hall–Kier alpha value is -2.69. The summed E-state index contributed by atoms with van der Waals surface area (Å²) in [6, 6.07) is 14.4. The molecule has 0 spiro atoms. The van der Waals surface area contributed by atoms with Crippen molar-refractivity contribution < 1.29 is 9.53 Å².